The zero-order chi connectivity index (χ0) is 11.4. The van der Waals surface area contributed by atoms with E-state index in [1.165, 1.54) is 0 Å². The van der Waals surface area contributed by atoms with Crippen LogP contribution in [0.5, 0.6) is 0 Å². The fraction of sp³-hybridized carbons (Fsp3) is 0.200. The van der Waals surface area contributed by atoms with Crippen LogP contribution in [0.1, 0.15) is 15.9 Å². The van der Waals surface area contributed by atoms with Gasteiger partial charge in [-0.25, -0.2) is 0 Å². The number of hydrogen-bond acceptors (Lipinski definition) is 2. The molecule has 0 radical (unpaired) electrons. The third-order valence-electron chi connectivity index (χ3n) is 1.82. The highest BCUT2D eigenvalue weighted by Crippen LogP contribution is 2.04. The van der Waals surface area contributed by atoms with Crippen LogP contribution in [0.4, 0.5) is 0 Å². The molecule has 1 atom stereocenters. The van der Waals surface area contributed by atoms with Gasteiger partial charge in [-0.2, -0.15) is 0 Å². The number of carbonyl (C=O) groups excluding carboxylic acids is 2. The lowest BCUT2D eigenvalue weighted by atomic mass is 10.1. The second kappa shape index (κ2) is 4.93. The average Bonchev–Trinajstić information content (AvgIpc) is 2.18. The molecular formula is C10H11BrN2O2. The van der Waals surface area contributed by atoms with E-state index in [-0.39, 0.29) is 5.91 Å². The van der Waals surface area contributed by atoms with E-state index in [4.69, 9.17) is 5.73 Å². The van der Waals surface area contributed by atoms with Gasteiger partial charge in [0.25, 0.3) is 11.8 Å². The largest absolute Gasteiger partial charge is 0.367 e. The predicted molar refractivity (Wildman–Crippen MR) is 60.6 cm³/mol. The number of nitrogens with one attached hydrogen (secondary N) is 1. The normalized spacial score (nSPS) is 11.9. The van der Waals surface area contributed by atoms with Crippen molar-refractivity contribution in [2.75, 3.05) is 0 Å². The number of amides is 2. The molecule has 1 unspecified atom stereocenters. The van der Waals surface area contributed by atoms with Crippen LogP contribution in [0.2, 0.25) is 0 Å². The number of nitrogens with two attached hydrogens (primary N) is 1. The van der Waals surface area contributed by atoms with Crippen molar-refractivity contribution in [1.29, 1.82) is 0 Å². The summed E-state index contributed by atoms with van der Waals surface area (Å²) in [6.45, 7) is 1.93. The summed E-state index contributed by atoms with van der Waals surface area (Å²) in [5, 5.41) is 2.42. The van der Waals surface area contributed by atoms with Crippen molar-refractivity contribution in [1.82, 2.24) is 5.32 Å². The van der Waals surface area contributed by atoms with Crippen LogP contribution in [0, 0.1) is 6.92 Å². The van der Waals surface area contributed by atoms with Gasteiger partial charge in [0.05, 0.1) is 0 Å². The van der Waals surface area contributed by atoms with Crippen LogP contribution in [0.3, 0.4) is 0 Å². The standard InChI is InChI=1S/C10H11BrN2O2/c1-6-2-4-7(5-3-6)10(15)13-8(11)9(12)14/h2-5,8H,1H3,(H2,12,14)(H,13,15). The zero-order valence-electron chi connectivity index (χ0n) is 8.16. The van der Waals surface area contributed by atoms with Gasteiger partial charge < -0.3 is 11.1 Å². The maximum Gasteiger partial charge on any atom is 0.252 e. The monoisotopic (exact) mass is 270 g/mol. The summed E-state index contributed by atoms with van der Waals surface area (Å²) in [7, 11) is 0. The minimum absolute atomic E-state index is 0.337. The van der Waals surface area contributed by atoms with Crippen LogP contribution < -0.4 is 11.1 Å². The Morgan fingerprint density at radius 3 is 2.33 bits per heavy atom. The fourth-order valence-electron chi connectivity index (χ4n) is 0.974. The molecule has 1 aromatic rings. The number of hydrogen-bond donors (Lipinski definition) is 2. The number of alkyl halides is 1. The summed E-state index contributed by atoms with van der Waals surface area (Å²) in [5.74, 6) is -0.967. The lowest BCUT2D eigenvalue weighted by Crippen LogP contribution is -2.40. The van der Waals surface area contributed by atoms with E-state index in [1.807, 2.05) is 19.1 Å². The van der Waals surface area contributed by atoms with E-state index in [0.29, 0.717) is 5.56 Å². The van der Waals surface area contributed by atoms with E-state index in [0.717, 1.165) is 5.56 Å². The Bertz CT molecular complexity index is 376. The van der Waals surface area contributed by atoms with Crippen LogP contribution >= 0.6 is 15.9 Å². The Hall–Kier alpha value is -1.36. The molecule has 4 nitrogen and oxygen atoms in total. The molecule has 0 saturated heterocycles. The topological polar surface area (TPSA) is 72.2 Å². The Morgan fingerprint density at radius 1 is 1.33 bits per heavy atom. The molecule has 0 fully saturated rings. The van der Waals surface area contributed by atoms with Gasteiger partial charge in [0.15, 0.2) is 4.95 Å². The molecule has 15 heavy (non-hydrogen) atoms. The van der Waals surface area contributed by atoms with Crippen LogP contribution in [-0.2, 0) is 4.79 Å². The van der Waals surface area contributed by atoms with Crippen molar-refractivity contribution in [2.45, 2.75) is 11.9 Å². The molecule has 0 aliphatic heterocycles. The number of carbonyl (C=O) groups is 2. The number of rotatable bonds is 3. The molecule has 5 heteroatoms. The molecule has 0 saturated carbocycles. The van der Waals surface area contributed by atoms with Gasteiger partial charge in [0.1, 0.15) is 0 Å². The summed E-state index contributed by atoms with van der Waals surface area (Å²) < 4.78 is 0. The fourth-order valence-corrected chi connectivity index (χ4v) is 1.18. The zero-order valence-corrected chi connectivity index (χ0v) is 9.74. The molecule has 80 valence electrons. The van der Waals surface area contributed by atoms with Crippen molar-refractivity contribution in [3.05, 3.63) is 35.4 Å². The lowest BCUT2D eigenvalue weighted by molar-refractivity contribution is -0.117. The number of aryl methyl sites for hydroxylation is 1. The van der Waals surface area contributed by atoms with Crippen molar-refractivity contribution in [2.24, 2.45) is 5.73 Å². The highest BCUT2D eigenvalue weighted by Gasteiger charge is 2.14. The molecule has 0 bridgehead atoms. The second-order valence-corrected chi connectivity index (χ2v) is 4.02. The van der Waals surface area contributed by atoms with Crippen molar-refractivity contribution in [3.8, 4) is 0 Å². The predicted octanol–water partition coefficient (Wildman–Crippen LogP) is 0.931. The third kappa shape index (κ3) is 3.36. The number of halogens is 1. The molecule has 0 aliphatic rings. The van der Waals surface area contributed by atoms with Gasteiger partial charge in [-0.3, -0.25) is 9.59 Å². The summed E-state index contributed by atoms with van der Waals surface area (Å²) in [4.78, 5) is 21.4. The maximum atomic E-state index is 11.5. The average molecular weight is 271 g/mol. The van der Waals surface area contributed by atoms with Gasteiger partial charge in [0.2, 0.25) is 0 Å². The second-order valence-electron chi connectivity index (χ2n) is 3.10. The maximum absolute atomic E-state index is 11.5. The highest BCUT2D eigenvalue weighted by atomic mass is 79.9. The van der Waals surface area contributed by atoms with E-state index in [1.54, 1.807) is 12.1 Å². The van der Waals surface area contributed by atoms with Gasteiger partial charge in [-0.05, 0) is 19.1 Å². The molecule has 1 rings (SSSR count). The SMILES string of the molecule is Cc1ccc(C(=O)NC(Br)C(N)=O)cc1. The first kappa shape index (κ1) is 11.7. The van der Waals surface area contributed by atoms with Crippen LogP contribution in [0.25, 0.3) is 0 Å². The molecule has 0 spiro atoms. The van der Waals surface area contributed by atoms with Crippen molar-refractivity contribution in [3.63, 3.8) is 0 Å². The van der Waals surface area contributed by atoms with E-state index >= 15 is 0 Å². The van der Waals surface area contributed by atoms with Crippen molar-refractivity contribution < 1.29 is 9.59 Å². The van der Waals surface area contributed by atoms with Gasteiger partial charge in [-0.15, -0.1) is 0 Å². The molecule has 3 N–H and O–H groups in total. The molecule has 0 heterocycles. The molecule has 2 amide bonds. The number of benzene rings is 1. The first-order valence-electron chi connectivity index (χ1n) is 4.31. The van der Waals surface area contributed by atoms with E-state index in [2.05, 4.69) is 21.2 Å². The van der Waals surface area contributed by atoms with E-state index < -0.39 is 10.9 Å². The van der Waals surface area contributed by atoms with Gasteiger partial charge in [-0.1, -0.05) is 33.6 Å². The van der Waals surface area contributed by atoms with E-state index in [9.17, 15) is 9.59 Å². The minimum Gasteiger partial charge on any atom is -0.367 e. The summed E-state index contributed by atoms with van der Waals surface area (Å²) in [6, 6.07) is 7.02. The van der Waals surface area contributed by atoms with Gasteiger partial charge >= 0.3 is 0 Å². The smallest absolute Gasteiger partial charge is 0.252 e. The van der Waals surface area contributed by atoms with Crippen LogP contribution in [-0.4, -0.2) is 16.8 Å². The summed E-state index contributed by atoms with van der Waals surface area (Å²) >= 11 is 2.95. The Balaban J connectivity index is 2.69. The molecule has 0 aromatic heterocycles. The Kier molecular flexibility index (Phi) is 3.85. The van der Waals surface area contributed by atoms with Gasteiger partial charge in [0, 0.05) is 5.56 Å². The first-order chi connectivity index (χ1) is 7.00. The minimum atomic E-state index is -0.841. The molecule has 0 aliphatic carbocycles. The molecular weight excluding hydrogens is 260 g/mol. The van der Waals surface area contributed by atoms with Crippen molar-refractivity contribution >= 4 is 27.7 Å². The Morgan fingerprint density at radius 2 is 1.87 bits per heavy atom. The first-order valence-corrected chi connectivity index (χ1v) is 5.23. The highest BCUT2D eigenvalue weighted by molar-refractivity contribution is 9.10. The quantitative estimate of drug-likeness (QED) is 0.634. The lowest BCUT2D eigenvalue weighted by Gasteiger charge is -2.08. The van der Waals surface area contributed by atoms with Crippen LogP contribution in [0.15, 0.2) is 24.3 Å². The number of primary amides is 1. The molecule has 1 aromatic carbocycles. The summed E-state index contributed by atoms with van der Waals surface area (Å²) in [6.07, 6.45) is 0. The third-order valence-corrected chi connectivity index (χ3v) is 2.50. The Labute approximate surface area is 96.0 Å². The summed E-state index contributed by atoms with van der Waals surface area (Å²) in [5.41, 5.74) is 6.54.